The summed E-state index contributed by atoms with van der Waals surface area (Å²) < 4.78 is 76.0. The number of sulfonamides is 1. The summed E-state index contributed by atoms with van der Waals surface area (Å²) in [5.74, 6) is -0.545. The maximum absolute atomic E-state index is 13.2. The van der Waals surface area contributed by atoms with Crippen LogP contribution in [0.15, 0.2) is 45.9 Å². The summed E-state index contributed by atoms with van der Waals surface area (Å²) in [7, 11) is -3.06. The van der Waals surface area contributed by atoms with E-state index in [0.29, 0.717) is 25.2 Å². The number of benzene rings is 1. The van der Waals surface area contributed by atoms with Crippen LogP contribution >= 0.6 is 0 Å². The summed E-state index contributed by atoms with van der Waals surface area (Å²) in [5, 5.41) is 0. The third-order valence-electron chi connectivity index (χ3n) is 4.65. The second kappa shape index (κ2) is 8.17. The van der Waals surface area contributed by atoms with Crippen LogP contribution in [0.1, 0.15) is 21.7 Å². The lowest BCUT2D eigenvalue weighted by Gasteiger charge is -2.34. The van der Waals surface area contributed by atoms with Crippen molar-refractivity contribution in [2.45, 2.75) is 17.6 Å². The first kappa shape index (κ1) is 21.3. The van der Waals surface area contributed by atoms with Crippen molar-refractivity contribution < 1.29 is 35.5 Å². The molecule has 0 N–H and O–H groups in total. The Morgan fingerprint density at radius 3 is 2.41 bits per heavy atom. The van der Waals surface area contributed by atoms with Crippen molar-refractivity contribution in [3.05, 3.63) is 53.5 Å². The third-order valence-corrected chi connectivity index (χ3v) is 6.61. The molecular formula is C18H19F3N2O5S. The number of halogens is 3. The smallest absolute Gasteiger partial charge is 0.417 e. The van der Waals surface area contributed by atoms with Crippen molar-refractivity contribution in [1.82, 2.24) is 9.21 Å². The predicted molar refractivity (Wildman–Crippen MR) is 95.5 cm³/mol. The van der Waals surface area contributed by atoms with Gasteiger partial charge in [0.15, 0.2) is 0 Å². The van der Waals surface area contributed by atoms with Gasteiger partial charge in [-0.15, -0.1) is 0 Å². The lowest BCUT2D eigenvalue weighted by molar-refractivity contribution is -0.139. The van der Waals surface area contributed by atoms with E-state index in [1.54, 1.807) is 6.07 Å². The number of piperazine rings is 1. The zero-order valence-corrected chi connectivity index (χ0v) is 16.3. The highest BCUT2D eigenvalue weighted by Gasteiger charge is 2.39. The maximum atomic E-state index is 13.2. The highest BCUT2D eigenvalue weighted by molar-refractivity contribution is 7.89. The van der Waals surface area contributed by atoms with E-state index in [0.717, 1.165) is 22.5 Å². The van der Waals surface area contributed by atoms with E-state index in [9.17, 15) is 26.4 Å². The fraction of sp³-hybridized carbons (Fsp3) is 0.389. The van der Waals surface area contributed by atoms with Crippen LogP contribution in [0.3, 0.4) is 0 Å². The van der Waals surface area contributed by atoms with Gasteiger partial charge < -0.3 is 9.15 Å². The SMILES string of the molecule is COC(=O)c1occc1CN1CCN(S(=O)(=O)c2ccccc2C(F)(F)F)CC1. The quantitative estimate of drug-likeness (QED) is 0.676. The minimum atomic E-state index is -4.77. The fourth-order valence-corrected chi connectivity index (χ4v) is 4.80. The minimum absolute atomic E-state index is 0.0277. The molecular weight excluding hydrogens is 413 g/mol. The molecule has 1 aromatic heterocycles. The number of nitrogens with zero attached hydrogens (tertiary/aromatic N) is 2. The van der Waals surface area contributed by atoms with Crippen LogP contribution in [0.4, 0.5) is 13.2 Å². The molecule has 3 rings (SSSR count). The second-order valence-electron chi connectivity index (χ2n) is 6.44. The van der Waals surface area contributed by atoms with E-state index in [1.807, 2.05) is 4.90 Å². The number of hydrogen-bond donors (Lipinski definition) is 0. The average molecular weight is 432 g/mol. The van der Waals surface area contributed by atoms with Crippen molar-refractivity contribution in [3.63, 3.8) is 0 Å². The van der Waals surface area contributed by atoms with Crippen molar-refractivity contribution >= 4 is 16.0 Å². The molecule has 0 radical (unpaired) electrons. The summed E-state index contributed by atoms with van der Waals surface area (Å²) in [5.41, 5.74) is -0.584. The first-order valence-electron chi connectivity index (χ1n) is 8.68. The largest absolute Gasteiger partial charge is 0.463 e. The number of carbonyl (C=O) groups is 1. The Hall–Kier alpha value is -2.37. The molecule has 7 nitrogen and oxygen atoms in total. The monoisotopic (exact) mass is 432 g/mol. The predicted octanol–water partition coefficient (Wildman–Crippen LogP) is 2.59. The number of rotatable bonds is 5. The number of furan rings is 1. The van der Waals surface area contributed by atoms with Crippen LogP contribution in [0, 0.1) is 0 Å². The van der Waals surface area contributed by atoms with E-state index in [4.69, 9.17) is 4.42 Å². The van der Waals surface area contributed by atoms with Crippen molar-refractivity contribution in [2.75, 3.05) is 33.3 Å². The molecule has 158 valence electrons. The van der Waals surface area contributed by atoms with Gasteiger partial charge in [-0.25, -0.2) is 13.2 Å². The Balaban J connectivity index is 1.71. The molecule has 0 amide bonds. The van der Waals surface area contributed by atoms with Gasteiger partial charge >= 0.3 is 12.1 Å². The summed E-state index contributed by atoms with van der Waals surface area (Å²) in [6, 6.07) is 5.78. The first-order chi connectivity index (χ1) is 13.6. The van der Waals surface area contributed by atoms with Crippen molar-refractivity contribution in [2.24, 2.45) is 0 Å². The Morgan fingerprint density at radius 2 is 1.79 bits per heavy atom. The second-order valence-corrected chi connectivity index (χ2v) is 8.35. The summed E-state index contributed by atoms with van der Waals surface area (Å²) in [4.78, 5) is 12.8. The number of ether oxygens (including phenoxy) is 1. The topological polar surface area (TPSA) is 80.1 Å². The number of esters is 1. The highest BCUT2D eigenvalue weighted by Crippen LogP contribution is 2.35. The zero-order chi connectivity index (χ0) is 21.2. The molecule has 0 aliphatic carbocycles. The van der Waals surface area contributed by atoms with Crippen LogP contribution in [-0.4, -0.2) is 56.9 Å². The van der Waals surface area contributed by atoms with Gasteiger partial charge in [-0.3, -0.25) is 4.90 Å². The number of hydrogen-bond acceptors (Lipinski definition) is 6. The van der Waals surface area contributed by atoms with Gasteiger partial charge in [-0.05, 0) is 18.2 Å². The first-order valence-corrected chi connectivity index (χ1v) is 10.1. The molecule has 0 saturated carbocycles. The number of carbonyl (C=O) groups excluding carboxylic acids is 1. The fourth-order valence-electron chi connectivity index (χ4n) is 3.17. The molecule has 0 unspecified atom stereocenters. The van der Waals surface area contributed by atoms with Gasteiger partial charge in [-0.2, -0.15) is 17.5 Å². The van der Waals surface area contributed by atoms with Crippen LogP contribution in [0.5, 0.6) is 0 Å². The van der Waals surface area contributed by atoms with Gasteiger partial charge in [0.05, 0.1) is 23.8 Å². The summed E-state index contributed by atoms with van der Waals surface area (Å²) >= 11 is 0. The van der Waals surface area contributed by atoms with Gasteiger partial charge in [0.2, 0.25) is 15.8 Å². The summed E-state index contributed by atoms with van der Waals surface area (Å²) in [6.45, 7) is 0.965. The Kier molecular flexibility index (Phi) is 6.01. The molecule has 1 aliphatic heterocycles. The van der Waals surface area contributed by atoms with Gasteiger partial charge in [-0.1, -0.05) is 12.1 Å². The van der Waals surface area contributed by atoms with E-state index in [2.05, 4.69) is 4.74 Å². The standard InChI is InChI=1S/C18H19F3N2O5S/c1-27-17(24)16-13(6-11-28-16)12-22-7-9-23(10-8-22)29(25,26)15-5-3-2-4-14(15)18(19,20)21/h2-6,11H,7-10,12H2,1H3. The Bertz CT molecular complexity index is 979. The molecule has 29 heavy (non-hydrogen) atoms. The highest BCUT2D eigenvalue weighted by atomic mass is 32.2. The lowest BCUT2D eigenvalue weighted by Crippen LogP contribution is -2.48. The van der Waals surface area contributed by atoms with E-state index in [1.165, 1.54) is 19.4 Å². The van der Waals surface area contributed by atoms with Gasteiger partial charge in [0.1, 0.15) is 0 Å². The average Bonchev–Trinajstić information content (AvgIpc) is 3.15. The molecule has 2 heterocycles. The normalized spacial score (nSPS) is 16.7. The molecule has 1 aromatic carbocycles. The Labute approximate surface area is 165 Å². The third kappa shape index (κ3) is 4.46. The van der Waals surface area contributed by atoms with E-state index in [-0.39, 0.29) is 18.8 Å². The van der Waals surface area contributed by atoms with Crippen LogP contribution in [-0.2, 0) is 27.5 Å². The zero-order valence-electron chi connectivity index (χ0n) is 15.5. The Morgan fingerprint density at radius 1 is 1.14 bits per heavy atom. The van der Waals surface area contributed by atoms with Gasteiger partial charge in [0, 0.05) is 38.3 Å². The molecule has 0 bridgehead atoms. The number of alkyl halides is 3. The van der Waals surface area contributed by atoms with E-state index < -0.39 is 32.6 Å². The van der Waals surface area contributed by atoms with Crippen LogP contribution in [0.2, 0.25) is 0 Å². The molecule has 1 fully saturated rings. The number of methoxy groups -OCH3 is 1. The maximum Gasteiger partial charge on any atom is 0.417 e. The molecule has 0 spiro atoms. The van der Waals surface area contributed by atoms with E-state index >= 15 is 0 Å². The molecule has 2 aromatic rings. The molecule has 1 aliphatic rings. The van der Waals surface area contributed by atoms with Crippen LogP contribution in [0.25, 0.3) is 0 Å². The molecule has 0 atom stereocenters. The minimum Gasteiger partial charge on any atom is -0.463 e. The van der Waals surface area contributed by atoms with Crippen molar-refractivity contribution in [3.8, 4) is 0 Å². The molecule has 1 saturated heterocycles. The molecule has 11 heteroatoms. The van der Waals surface area contributed by atoms with Crippen LogP contribution < -0.4 is 0 Å². The lowest BCUT2D eigenvalue weighted by atomic mass is 10.2. The summed E-state index contributed by atoms with van der Waals surface area (Å²) in [6.07, 6.45) is -3.41. The van der Waals surface area contributed by atoms with Crippen molar-refractivity contribution in [1.29, 1.82) is 0 Å². The van der Waals surface area contributed by atoms with Gasteiger partial charge in [0.25, 0.3) is 0 Å².